The summed E-state index contributed by atoms with van der Waals surface area (Å²) >= 11 is 0. The third-order valence-electron chi connectivity index (χ3n) is 5.50. The van der Waals surface area contributed by atoms with Crippen molar-refractivity contribution in [1.29, 1.82) is 0 Å². The number of furan rings is 2. The summed E-state index contributed by atoms with van der Waals surface area (Å²) in [4.78, 5) is 40.2. The van der Waals surface area contributed by atoms with Crippen molar-refractivity contribution < 1.29 is 23.2 Å². The number of hydrogen-bond acceptors (Lipinski definition) is 5. The second-order valence-corrected chi connectivity index (χ2v) is 7.67. The lowest BCUT2D eigenvalue weighted by Crippen LogP contribution is -2.46. The van der Waals surface area contributed by atoms with E-state index in [1.165, 1.54) is 30.4 Å². The number of Topliss-reactive ketones (excluding diaryl/α,β-unsaturated/α-hetero) is 1. The Morgan fingerprint density at radius 1 is 1.00 bits per heavy atom. The highest BCUT2D eigenvalue weighted by molar-refractivity contribution is 6.09. The predicted molar refractivity (Wildman–Crippen MR) is 114 cm³/mol. The summed E-state index contributed by atoms with van der Waals surface area (Å²) in [5.41, 5.74) is 0.834. The van der Waals surface area contributed by atoms with Gasteiger partial charge in [0.05, 0.1) is 12.5 Å². The van der Waals surface area contributed by atoms with E-state index in [1.54, 1.807) is 42.5 Å². The Hall–Kier alpha value is -3.61. The molecule has 1 atom stereocenters. The molecular formula is C24H24N2O5. The second kappa shape index (κ2) is 9.04. The second-order valence-electron chi connectivity index (χ2n) is 7.67. The third-order valence-corrected chi connectivity index (χ3v) is 5.50. The molecule has 0 bridgehead atoms. The van der Waals surface area contributed by atoms with Crippen LogP contribution >= 0.6 is 0 Å². The number of hydrogen-bond donors (Lipinski definition) is 1. The summed E-state index contributed by atoms with van der Waals surface area (Å²) in [6.45, 7) is 1.45. The maximum absolute atomic E-state index is 13.5. The molecule has 1 aromatic carbocycles. The minimum absolute atomic E-state index is 0.0640. The van der Waals surface area contributed by atoms with Crippen molar-refractivity contribution in [3.63, 3.8) is 0 Å². The number of rotatable bonds is 7. The molecule has 2 aromatic heterocycles. The number of amides is 2. The first-order chi connectivity index (χ1) is 15.0. The summed E-state index contributed by atoms with van der Waals surface area (Å²) in [6.07, 6.45) is 6.80. The van der Waals surface area contributed by atoms with Gasteiger partial charge in [-0.2, -0.15) is 0 Å². The summed E-state index contributed by atoms with van der Waals surface area (Å²) in [6, 6.07) is 12.1. The summed E-state index contributed by atoms with van der Waals surface area (Å²) in [5, 5.41) is 3.06. The van der Waals surface area contributed by atoms with Crippen LogP contribution in [0, 0.1) is 0 Å². The Morgan fingerprint density at radius 2 is 1.74 bits per heavy atom. The van der Waals surface area contributed by atoms with Crippen molar-refractivity contribution in [3.8, 4) is 0 Å². The van der Waals surface area contributed by atoms with E-state index in [0.29, 0.717) is 17.0 Å². The Balaban J connectivity index is 1.79. The molecule has 1 fully saturated rings. The van der Waals surface area contributed by atoms with Gasteiger partial charge in [-0.15, -0.1) is 0 Å². The van der Waals surface area contributed by atoms with Crippen LogP contribution in [0.5, 0.6) is 0 Å². The van der Waals surface area contributed by atoms with Gasteiger partial charge in [-0.25, -0.2) is 0 Å². The summed E-state index contributed by atoms with van der Waals surface area (Å²) < 4.78 is 10.9. The first-order valence-electron chi connectivity index (χ1n) is 10.4. The van der Waals surface area contributed by atoms with E-state index >= 15 is 0 Å². The van der Waals surface area contributed by atoms with Gasteiger partial charge >= 0.3 is 0 Å². The molecule has 31 heavy (non-hydrogen) atoms. The molecule has 1 unspecified atom stereocenters. The number of anilines is 1. The number of ketones is 1. The van der Waals surface area contributed by atoms with Gasteiger partial charge in [-0.1, -0.05) is 25.0 Å². The number of benzene rings is 1. The van der Waals surface area contributed by atoms with Crippen molar-refractivity contribution >= 4 is 23.3 Å². The van der Waals surface area contributed by atoms with Crippen molar-refractivity contribution in [2.45, 2.75) is 44.7 Å². The van der Waals surface area contributed by atoms with Crippen LogP contribution in [0.2, 0.25) is 0 Å². The zero-order valence-electron chi connectivity index (χ0n) is 17.2. The third kappa shape index (κ3) is 4.45. The number of carbonyl (C=O) groups excluding carboxylic acids is 3. The Labute approximate surface area is 180 Å². The molecule has 7 nitrogen and oxygen atoms in total. The fourth-order valence-corrected chi connectivity index (χ4v) is 3.95. The van der Waals surface area contributed by atoms with Crippen molar-refractivity contribution in [2.75, 3.05) is 4.90 Å². The quantitative estimate of drug-likeness (QED) is 0.567. The van der Waals surface area contributed by atoms with Gasteiger partial charge in [-0.3, -0.25) is 19.3 Å². The molecule has 0 saturated heterocycles. The van der Waals surface area contributed by atoms with Gasteiger partial charge in [0, 0.05) is 17.3 Å². The normalized spacial score (nSPS) is 14.9. The molecule has 7 heteroatoms. The van der Waals surface area contributed by atoms with Crippen LogP contribution in [0.4, 0.5) is 5.69 Å². The molecular weight excluding hydrogens is 396 g/mol. The predicted octanol–water partition coefficient (Wildman–Crippen LogP) is 4.52. The summed E-state index contributed by atoms with van der Waals surface area (Å²) in [5.74, 6) is -0.581. The van der Waals surface area contributed by atoms with Gasteiger partial charge in [0.2, 0.25) is 0 Å². The van der Waals surface area contributed by atoms with Crippen LogP contribution in [0.1, 0.15) is 65.3 Å². The largest absolute Gasteiger partial charge is 0.467 e. The van der Waals surface area contributed by atoms with E-state index in [-0.39, 0.29) is 23.5 Å². The first-order valence-corrected chi connectivity index (χ1v) is 10.4. The van der Waals surface area contributed by atoms with Gasteiger partial charge in [0.1, 0.15) is 5.76 Å². The maximum atomic E-state index is 13.5. The van der Waals surface area contributed by atoms with Gasteiger partial charge in [-0.05, 0) is 56.2 Å². The van der Waals surface area contributed by atoms with Crippen molar-refractivity contribution in [1.82, 2.24) is 5.32 Å². The zero-order valence-corrected chi connectivity index (χ0v) is 17.2. The van der Waals surface area contributed by atoms with Gasteiger partial charge in [0.15, 0.2) is 17.6 Å². The van der Waals surface area contributed by atoms with Crippen LogP contribution in [0.25, 0.3) is 0 Å². The van der Waals surface area contributed by atoms with Crippen LogP contribution in [-0.4, -0.2) is 23.6 Å². The molecule has 3 aromatic rings. The molecule has 1 saturated carbocycles. The molecule has 1 N–H and O–H groups in total. The summed E-state index contributed by atoms with van der Waals surface area (Å²) in [7, 11) is 0. The molecule has 1 aliphatic carbocycles. The molecule has 4 rings (SSSR count). The maximum Gasteiger partial charge on any atom is 0.295 e. The van der Waals surface area contributed by atoms with E-state index in [2.05, 4.69) is 5.32 Å². The van der Waals surface area contributed by atoms with E-state index in [9.17, 15) is 14.4 Å². The van der Waals surface area contributed by atoms with Crippen LogP contribution in [-0.2, 0) is 4.79 Å². The molecule has 0 aliphatic heterocycles. The highest BCUT2D eigenvalue weighted by Crippen LogP contribution is 2.31. The average Bonchev–Trinajstić information content (AvgIpc) is 3.55. The SMILES string of the molecule is CC(=O)c1cccc(N(C(=O)c2ccco2)C(C(=O)NC2CCCC2)c2ccco2)c1. The average molecular weight is 420 g/mol. The number of carbonyl (C=O) groups is 3. The van der Waals surface area contributed by atoms with E-state index < -0.39 is 11.9 Å². The van der Waals surface area contributed by atoms with Crippen LogP contribution in [0.3, 0.4) is 0 Å². The highest BCUT2D eigenvalue weighted by Gasteiger charge is 2.37. The van der Waals surface area contributed by atoms with Gasteiger partial charge < -0.3 is 14.2 Å². The Morgan fingerprint density at radius 3 is 2.39 bits per heavy atom. The van der Waals surface area contributed by atoms with Gasteiger partial charge in [0.25, 0.3) is 11.8 Å². The lowest BCUT2D eigenvalue weighted by Gasteiger charge is -2.30. The smallest absolute Gasteiger partial charge is 0.295 e. The fraction of sp³-hybridized carbons (Fsp3) is 0.292. The lowest BCUT2D eigenvalue weighted by molar-refractivity contribution is -0.123. The minimum Gasteiger partial charge on any atom is -0.467 e. The molecule has 2 heterocycles. The molecule has 0 spiro atoms. The topological polar surface area (TPSA) is 92.8 Å². The molecule has 2 amide bonds. The van der Waals surface area contributed by atoms with E-state index in [0.717, 1.165) is 25.7 Å². The minimum atomic E-state index is -1.06. The Kier molecular flexibility index (Phi) is 6.02. The van der Waals surface area contributed by atoms with E-state index in [4.69, 9.17) is 8.83 Å². The van der Waals surface area contributed by atoms with Crippen molar-refractivity contribution in [3.05, 3.63) is 78.1 Å². The monoisotopic (exact) mass is 420 g/mol. The number of nitrogens with zero attached hydrogens (tertiary/aromatic N) is 1. The molecule has 160 valence electrons. The van der Waals surface area contributed by atoms with Crippen molar-refractivity contribution in [2.24, 2.45) is 0 Å². The highest BCUT2D eigenvalue weighted by atomic mass is 16.3. The zero-order chi connectivity index (χ0) is 21.8. The Bertz CT molecular complexity index is 1050. The standard InChI is InChI=1S/C24H24N2O5/c1-16(27)17-7-4-10-19(15-17)26(24(29)21-12-6-14-31-21)22(20-11-5-13-30-20)23(28)25-18-8-2-3-9-18/h4-7,10-15,18,22H,2-3,8-9H2,1H3,(H,25,28). The van der Waals surface area contributed by atoms with E-state index in [1.807, 2.05) is 0 Å². The molecule has 0 radical (unpaired) electrons. The fourth-order valence-electron chi connectivity index (χ4n) is 3.95. The van der Waals surface area contributed by atoms with Crippen LogP contribution in [0.15, 0.2) is 69.9 Å². The lowest BCUT2D eigenvalue weighted by atomic mass is 10.1. The number of nitrogens with one attached hydrogen (secondary N) is 1. The molecule has 1 aliphatic rings. The van der Waals surface area contributed by atoms with Crippen LogP contribution < -0.4 is 10.2 Å². The first kappa shape index (κ1) is 20.7.